The first-order valence-electron chi connectivity index (χ1n) is 10.9. The predicted molar refractivity (Wildman–Crippen MR) is 131 cm³/mol. The average Bonchev–Trinajstić information content (AvgIpc) is 3.58. The minimum Gasteiger partial charge on any atom is -0.495 e. The average molecular weight is 474 g/mol. The van der Waals surface area contributed by atoms with Gasteiger partial charge in [-0.3, -0.25) is 9.59 Å². The number of ether oxygens (including phenoxy) is 1. The number of nitrogens with zero attached hydrogens (tertiary/aromatic N) is 4. The minimum atomic E-state index is -0.489. The number of carbonyl (C=O) groups is 2. The second-order valence-corrected chi connectivity index (χ2v) is 8.87. The molecule has 1 atom stereocenters. The number of methoxy groups -OCH3 is 1. The van der Waals surface area contributed by atoms with Gasteiger partial charge in [0.2, 0.25) is 16.9 Å². The molecule has 0 bridgehead atoms. The number of hydrogen-bond acceptors (Lipinski definition) is 6. The van der Waals surface area contributed by atoms with Gasteiger partial charge in [0, 0.05) is 30.0 Å². The molecule has 1 fully saturated rings. The molecule has 0 saturated carbocycles. The minimum absolute atomic E-state index is 0.109. The van der Waals surface area contributed by atoms with Crippen LogP contribution in [0.25, 0.3) is 16.4 Å². The maximum absolute atomic E-state index is 13.1. The fourth-order valence-electron chi connectivity index (χ4n) is 4.03. The van der Waals surface area contributed by atoms with E-state index < -0.39 is 5.92 Å². The van der Waals surface area contributed by atoms with Crippen LogP contribution in [0, 0.1) is 12.8 Å². The summed E-state index contributed by atoms with van der Waals surface area (Å²) in [4.78, 5) is 32.1. The molecule has 0 spiro atoms. The van der Waals surface area contributed by atoms with Gasteiger partial charge in [0.15, 0.2) is 0 Å². The molecule has 2 aromatic heterocycles. The topological polar surface area (TPSA) is 89.3 Å². The molecule has 2 aromatic carbocycles. The van der Waals surface area contributed by atoms with Crippen LogP contribution >= 0.6 is 11.3 Å². The number of anilines is 2. The van der Waals surface area contributed by atoms with Gasteiger partial charge < -0.3 is 15.0 Å². The highest BCUT2D eigenvalue weighted by molar-refractivity contribution is 7.12. The Balaban J connectivity index is 1.35. The van der Waals surface area contributed by atoms with Crippen molar-refractivity contribution >= 4 is 34.7 Å². The van der Waals surface area contributed by atoms with Crippen LogP contribution in [0.3, 0.4) is 0 Å². The molecule has 1 aliphatic heterocycles. The van der Waals surface area contributed by atoms with Crippen molar-refractivity contribution in [3.05, 3.63) is 71.7 Å². The zero-order chi connectivity index (χ0) is 23.7. The number of amides is 2. The molecule has 1 unspecified atom stereocenters. The van der Waals surface area contributed by atoms with Crippen molar-refractivity contribution in [1.29, 1.82) is 0 Å². The Kier molecular flexibility index (Phi) is 5.85. The van der Waals surface area contributed by atoms with E-state index >= 15 is 0 Å². The summed E-state index contributed by atoms with van der Waals surface area (Å²) < 4.78 is 7.03. The van der Waals surface area contributed by atoms with Gasteiger partial charge in [-0.05, 0) is 19.1 Å². The smallest absolute Gasteiger partial charge is 0.230 e. The number of hydrogen-bond donors (Lipinski definition) is 1. The zero-order valence-electron chi connectivity index (χ0n) is 18.8. The van der Waals surface area contributed by atoms with Crippen LogP contribution in [0.4, 0.5) is 11.5 Å². The molecule has 0 radical (unpaired) electrons. The van der Waals surface area contributed by atoms with Crippen molar-refractivity contribution in [1.82, 2.24) is 14.8 Å². The van der Waals surface area contributed by atoms with Gasteiger partial charge in [-0.2, -0.15) is 9.78 Å². The highest BCUT2D eigenvalue weighted by atomic mass is 32.1. The van der Waals surface area contributed by atoms with Gasteiger partial charge in [-0.1, -0.05) is 42.5 Å². The van der Waals surface area contributed by atoms with Gasteiger partial charge in [-0.25, -0.2) is 4.98 Å². The van der Waals surface area contributed by atoms with Crippen LogP contribution < -0.4 is 15.0 Å². The number of rotatable bonds is 6. The van der Waals surface area contributed by atoms with Crippen LogP contribution in [0.5, 0.6) is 5.75 Å². The molecular weight excluding hydrogens is 450 g/mol. The molecule has 172 valence electrons. The summed E-state index contributed by atoms with van der Waals surface area (Å²) in [5, 5.41) is 10.1. The van der Waals surface area contributed by atoms with E-state index in [4.69, 9.17) is 9.72 Å². The third-order valence-corrected chi connectivity index (χ3v) is 6.51. The first kappa shape index (κ1) is 21.8. The fraction of sp³-hybridized carbons (Fsp3) is 0.200. The fourth-order valence-corrected chi connectivity index (χ4v) is 4.83. The second kappa shape index (κ2) is 9.11. The third kappa shape index (κ3) is 4.17. The van der Waals surface area contributed by atoms with E-state index in [0.717, 1.165) is 17.0 Å². The number of para-hydroxylation sites is 2. The molecule has 8 nitrogen and oxygen atoms in total. The van der Waals surface area contributed by atoms with E-state index in [1.807, 2.05) is 60.8 Å². The van der Waals surface area contributed by atoms with Gasteiger partial charge in [-0.15, -0.1) is 11.3 Å². The van der Waals surface area contributed by atoms with Crippen LogP contribution in [0.15, 0.2) is 66.0 Å². The quantitative estimate of drug-likeness (QED) is 0.451. The lowest BCUT2D eigenvalue weighted by molar-refractivity contribution is -0.122. The Morgan fingerprint density at radius 2 is 1.91 bits per heavy atom. The summed E-state index contributed by atoms with van der Waals surface area (Å²) in [6.07, 6.45) is 0.131. The Bertz CT molecular complexity index is 1350. The standard InChI is InChI=1S/C25H23N5O3S/c1-16-12-22(30(28-16)25-26-19(15-34-25)17-8-4-3-5-9-17)27-24(32)18-13-23(31)29(14-18)20-10-6-7-11-21(20)33-2/h3-12,15,18H,13-14H2,1-2H3,(H,27,32). The van der Waals surface area contributed by atoms with Crippen molar-refractivity contribution < 1.29 is 14.3 Å². The number of nitrogens with one attached hydrogen (secondary N) is 1. The molecule has 3 heterocycles. The molecule has 1 saturated heterocycles. The highest BCUT2D eigenvalue weighted by Gasteiger charge is 2.36. The van der Waals surface area contributed by atoms with Crippen molar-refractivity contribution in [2.45, 2.75) is 13.3 Å². The van der Waals surface area contributed by atoms with E-state index in [0.29, 0.717) is 22.4 Å². The summed E-state index contributed by atoms with van der Waals surface area (Å²) in [6, 6.07) is 19.0. The van der Waals surface area contributed by atoms with E-state index in [1.54, 1.807) is 28.8 Å². The summed E-state index contributed by atoms with van der Waals surface area (Å²) in [7, 11) is 1.56. The van der Waals surface area contributed by atoms with Crippen molar-refractivity contribution in [3.63, 3.8) is 0 Å². The summed E-state index contributed by atoms with van der Waals surface area (Å²) in [5.74, 6) is 0.300. The number of benzene rings is 2. The predicted octanol–water partition coefficient (Wildman–Crippen LogP) is 4.30. The van der Waals surface area contributed by atoms with Crippen molar-refractivity contribution in [3.8, 4) is 22.1 Å². The number of aromatic nitrogens is 3. The van der Waals surface area contributed by atoms with Crippen molar-refractivity contribution in [2.75, 3.05) is 23.9 Å². The lowest BCUT2D eigenvalue weighted by atomic mass is 10.1. The van der Waals surface area contributed by atoms with Gasteiger partial charge >= 0.3 is 0 Å². The monoisotopic (exact) mass is 473 g/mol. The van der Waals surface area contributed by atoms with E-state index in [9.17, 15) is 9.59 Å². The van der Waals surface area contributed by atoms with E-state index in [1.165, 1.54) is 11.3 Å². The number of aryl methyl sites for hydroxylation is 1. The SMILES string of the molecule is COc1ccccc1N1CC(C(=O)Nc2cc(C)nn2-c2nc(-c3ccccc3)cs2)CC1=O. The maximum atomic E-state index is 13.1. The van der Waals surface area contributed by atoms with Crippen molar-refractivity contribution in [2.24, 2.45) is 5.92 Å². The second-order valence-electron chi connectivity index (χ2n) is 8.03. The van der Waals surface area contributed by atoms with Crippen LogP contribution in [-0.2, 0) is 9.59 Å². The third-order valence-electron chi connectivity index (χ3n) is 5.70. The first-order valence-corrected chi connectivity index (χ1v) is 11.7. The Hall–Kier alpha value is -3.98. The molecule has 4 aromatic rings. The van der Waals surface area contributed by atoms with Crippen LogP contribution in [0.1, 0.15) is 12.1 Å². The lowest BCUT2D eigenvalue weighted by Crippen LogP contribution is -2.28. The molecule has 0 aliphatic carbocycles. The zero-order valence-corrected chi connectivity index (χ0v) is 19.6. The summed E-state index contributed by atoms with van der Waals surface area (Å²) >= 11 is 1.45. The Morgan fingerprint density at radius 1 is 1.15 bits per heavy atom. The van der Waals surface area contributed by atoms with Crippen LogP contribution in [-0.4, -0.2) is 40.2 Å². The first-order chi connectivity index (χ1) is 16.5. The van der Waals surface area contributed by atoms with E-state index in [2.05, 4.69) is 10.4 Å². The molecule has 1 aliphatic rings. The molecule has 9 heteroatoms. The molecule has 34 heavy (non-hydrogen) atoms. The molecule has 5 rings (SSSR count). The highest BCUT2D eigenvalue weighted by Crippen LogP contribution is 2.33. The summed E-state index contributed by atoms with van der Waals surface area (Å²) in [5.41, 5.74) is 3.28. The Labute approximate surface area is 200 Å². The van der Waals surface area contributed by atoms with E-state index in [-0.39, 0.29) is 24.8 Å². The lowest BCUT2D eigenvalue weighted by Gasteiger charge is -2.19. The van der Waals surface area contributed by atoms with Gasteiger partial charge in [0.25, 0.3) is 0 Å². The normalized spacial score (nSPS) is 15.5. The molecule has 2 amide bonds. The Morgan fingerprint density at radius 3 is 2.71 bits per heavy atom. The number of carbonyl (C=O) groups excluding carboxylic acids is 2. The van der Waals surface area contributed by atoms with Gasteiger partial charge in [0.1, 0.15) is 11.6 Å². The van der Waals surface area contributed by atoms with Crippen LogP contribution in [0.2, 0.25) is 0 Å². The largest absolute Gasteiger partial charge is 0.495 e. The molecule has 1 N–H and O–H groups in total. The number of thiazole rings is 1. The maximum Gasteiger partial charge on any atom is 0.230 e. The van der Waals surface area contributed by atoms with Gasteiger partial charge in [0.05, 0.1) is 30.1 Å². The molecular formula is C25H23N5O3S. The summed E-state index contributed by atoms with van der Waals surface area (Å²) in [6.45, 7) is 2.15.